The zero-order valence-electron chi connectivity index (χ0n) is 10.8. The van der Waals surface area contributed by atoms with Crippen LogP contribution in [0.25, 0.3) is 22.4 Å². The highest BCUT2D eigenvalue weighted by Gasteiger charge is 2.44. The zero-order valence-corrected chi connectivity index (χ0v) is 10.8. The maximum Gasteiger partial charge on any atom is 0.177 e. The number of allylic oxidation sites excluding steroid dienone is 2. The number of ether oxygens (including phenoxy) is 1. The van der Waals surface area contributed by atoms with E-state index >= 15 is 0 Å². The molecule has 94 valence electrons. The first kappa shape index (κ1) is 10.3. The van der Waals surface area contributed by atoms with Crippen molar-refractivity contribution in [3.63, 3.8) is 0 Å². The van der Waals surface area contributed by atoms with Crippen molar-refractivity contribution >= 4 is 22.4 Å². The third-order valence-electron chi connectivity index (χ3n) is 4.51. The van der Waals surface area contributed by atoms with Gasteiger partial charge in [0.05, 0.1) is 6.26 Å². The number of rotatable bonds is 0. The minimum atomic E-state index is -0.366. The lowest BCUT2D eigenvalue weighted by Gasteiger charge is -2.31. The molecule has 1 heteroatoms. The number of fused-ring (bicyclic) bond motifs is 4. The van der Waals surface area contributed by atoms with E-state index in [0.717, 1.165) is 0 Å². The van der Waals surface area contributed by atoms with Crippen LogP contribution in [0.4, 0.5) is 0 Å². The Morgan fingerprint density at radius 3 is 2.85 bits per heavy atom. The summed E-state index contributed by atoms with van der Waals surface area (Å²) in [5.74, 6) is 0. The van der Waals surface area contributed by atoms with E-state index in [2.05, 4.69) is 66.8 Å². The van der Waals surface area contributed by atoms with Crippen LogP contribution in [-0.2, 0) is 4.74 Å². The van der Waals surface area contributed by atoms with Gasteiger partial charge in [-0.25, -0.2) is 0 Å². The molecule has 0 bridgehead atoms. The molecule has 1 heterocycles. The molecule has 1 nitrogen and oxygen atoms in total. The van der Waals surface area contributed by atoms with Crippen LogP contribution < -0.4 is 0 Å². The summed E-state index contributed by atoms with van der Waals surface area (Å²) in [6.07, 6.45) is 12.6. The van der Waals surface area contributed by atoms with E-state index in [-0.39, 0.29) is 5.60 Å². The molecule has 2 aromatic rings. The molecule has 2 aromatic carbocycles. The van der Waals surface area contributed by atoms with Gasteiger partial charge in [0.2, 0.25) is 0 Å². The summed E-state index contributed by atoms with van der Waals surface area (Å²) in [7, 11) is 0. The van der Waals surface area contributed by atoms with Crippen LogP contribution in [0.3, 0.4) is 0 Å². The minimum absolute atomic E-state index is 0.366. The van der Waals surface area contributed by atoms with Crippen LogP contribution in [0.15, 0.2) is 72.5 Å². The highest BCUT2D eigenvalue weighted by Crippen LogP contribution is 2.50. The Morgan fingerprint density at radius 2 is 1.85 bits per heavy atom. The minimum Gasteiger partial charge on any atom is -0.481 e. The van der Waals surface area contributed by atoms with Gasteiger partial charge >= 0.3 is 0 Å². The molecular weight excluding hydrogens is 244 g/mol. The van der Waals surface area contributed by atoms with Crippen LogP contribution in [0.5, 0.6) is 0 Å². The Labute approximate surface area is 117 Å². The van der Waals surface area contributed by atoms with Crippen molar-refractivity contribution in [1.29, 1.82) is 0 Å². The van der Waals surface area contributed by atoms with Crippen LogP contribution in [0.2, 0.25) is 0 Å². The highest BCUT2D eigenvalue weighted by atomic mass is 16.5. The molecule has 5 rings (SSSR count). The second kappa shape index (κ2) is 3.31. The van der Waals surface area contributed by atoms with Crippen molar-refractivity contribution in [2.75, 3.05) is 0 Å². The third-order valence-corrected chi connectivity index (χ3v) is 4.51. The predicted octanol–water partition coefficient (Wildman–Crippen LogP) is 4.47. The van der Waals surface area contributed by atoms with Crippen LogP contribution in [0.1, 0.15) is 11.1 Å². The van der Waals surface area contributed by atoms with Gasteiger partial charge in [0, 0.05) is 11.1 Å². The van der Waals surface area contributed by atoms with Crippen LogP contribution in [0, 0.1) is 0 Å². The smallest absolute Gasteiger partial charge is 0.177 e. The third kappa shape index (κ3) is 1.05. The molecule has 1 atom stereocenters. The second-order valence-electron chi connectivity index (χ2n) is 5.44. The zero-order chi connectivity index (χ0) is 13.2. The van der Waals surface area contributed by atoms with Gasteiger partial charge in [0.15, 0.2) is 5.60 Å². The Balaban J connectivity index is 1.84. The number of benzene rings is 2. The lowest BCUT2D eigenvalue weighted by Crippen LogP contribution is -2.29. The first-order valence-corrected chi connectivity index (χ1v) is 6.87. The van der Waals surface area contributed by atoms with Crippen molar-refractivity contribution in [3.8, 4) is 0 Å². The Hall–Kier alpha value is -2.54. The molecule has 0 amide bonds. The van der Waals surface area contributed by atoms with Gasteiger partial charge in [-0.15, -0.1) is 0 Å². The first-order valence-electron chi connectivity index (χ1n) is 6.87. The molecule has 0 aromatic heterocycles. The van der Waals surface area contributed by atoms with E-state index in [1.807, 2.05) is 0 Å². The number of hydrogen-bond donors (Lipinski definition) is 0. The van der Waals surface area contributed by atoms with Crippen LogP contribution in [-0.4, -0.2) is 5.60 Å². The van der Waals surface area contributed by atoms with Crippen molar-refractivity contribution in [2.24, 2.45) is 0 Å². The van der Waals surface area contributed by atoms with Gasteiger partial charge < -0.3 is 4.74 Å². The maximum absolute atomic E-state index is 5.93. The van der Waals surface area contributed by atoms with E-state index in [1.165, 1.54) is 33.0 Å². The van der Waals surface area contributed by atoms with E-state index in [4.69, 9.17) is 4.74 Å². The molecule has 2 aliphatic carbocycles. The van der Waals surface area contributed by atoms with E-state index in [0.29, 0.717) is 0 Å². The van der Waals surface area contributed by atoms with Gasteiger partial charge in [-0.3, -0.25) is 0 Å². The predicted molar refractivity (Wildman–Crippen MR) is 82.0 cm³/mol. The summed E-state index contributed by atoms with van der Waals surface area (Å²) in [5, 5.41) is 2.58. The molecule has 0 saturated carbocycles. The SMILES string of the molecule is C1=CC2=CC=C3c4ccc5ccccc5c4C=C[C@]23O1. The molecule has 3 aliphatic rings. The van der Waals surface area contributed by atoms with Gasteiger partial charge in [-0.1, -0.05) is 54.6 Å². The Morgan fingerprint density at radius 1 is 0.900 bits per heavy atom. The summed E-state index contributed by atoms with van der Waals surface area (Å²) in [5.41, 5.74) is 4.68. The second-order valence-corrected chi connectivity index (χ2v) is 5.44. The average molecular weight is 256 g/mol. The van der Waals surface area contributed by atoms with Crippen molar-refractivity contribution in [3.05, 3.63) is 83.7 Å². The molecule has 1 spiro atoms. The van der Waals surface area contributed by atoms with E-state index < -0.39 is 0 Å². The fourth-order valence-corrected chi connectivity index (χ4v) is 3.53. The lowest BCUT2D eigenvalue weighted by molar-refractivity contribution is 0.180. The van der Waals surface area contributed by atoms with E-state index in [1.54, 1.807) is 6.26 Å². The largest absolute Gasteiger partial charge is 0.481 e. The molecular formula is C19H12O. The quantitative estimate of drug-likeness (QED) is 0.675. The van der Waals surface area contributed by atoms with Gasteiger partial charge in [-0.2, -0.15) is 0 Å². The lowest BCUT2D eigenvalue weighted by atomic mass is 9.79. The van der Waals surface area contributed by atoms with Crippen molar-refractivity contribution in [1.82, 2.24) is 0 Å². The molecule has 0 fully saturated rings. The molecule has 0 unspecified atom stereocenters. The van der Waals surface area contributed by atoms with Crippen LogP contribution >= 0.6 is 0 Å². The molecule has 0 N–H and O–H groups in total. The fraction of sp³-hybridized carbons (Fsp3) is 0.0526. The van der Waals surface area contributed by atoms with Gasteiger partial charge in [-0.05, 0) is 34.1 Å². The topological polar surface area (TPSA) is 9.23 Å². The molecule has 0 radical (unpaired) electrons. The maximum atomic E-state index is 5.93. The Kier molecular flexibility index (Phi) is 1.70. The fourth-order valence-electron chi connectivity index (χ4n) is 3.53. The van der Waals surface area contributed by atoms with E-state index in [9.17, 15) is 0 Å². The first-order chi connectivity index (χ1) is 9.88. The standard InChI is InChI=1S/C19H12O/c1-2-4-15-13(3-1)5-7-17-16(15)9-11-19-14(10-12-20-19)6-8-18(17)19/h1-12H/t19-/m0/s1. The molecule has 20 heavy (non-hydrogen) atoms. The highest BCUT2D eigenvalue weighted by molar-refractivity contribution is 6.01. The van der Waals surface area contributed by atoms with Gasteiger partial charge in [0.1, 0.15) is 0 Å². The van der Waals surface area contributed by atoms with Crippen molar-refractivity contribution in [2.45, 2.75) is 5.60 Å². The normalized spacial score (nSPS) is 24.8. The van der Waals surface area contributed by atoms with Gasteiger partial charge in [0.25, 0.3) is 0 Å². The Bertz CT molecular complexity index is 880. The summed E-state index contributed by atoms with van der Waals surface area (Å²) in [6.45, 7) is 0. The number of hydrogen-bond acceptors (Lipinski definition) is 1. The molecule has 0 saturated heterocycles. The monoisotopic (exact) mass is 256 g/mol. The summed E-state index contributed by atoms with van der Waals surface area (Å²) in [6, 6.07) is 12.9. The summed E-state index contributed by atoms with van der Waals surface area (Å²) < 4.78 is 5.93. The molecule has 1 aliphatic heterocycles. The summed E-state index contributed by atoms with van der Waals surface area (Å²) in [4.78, 5) is 0. The summed E-state index contributed by atoms with van der Waals surface area (Å²) >= 11 is 0. The van der Waals surface area contributed by atoms with Crippen molar-refractivity contribution < 1.29 is 4.74 Å². The average Bonchev–Trinajstić information content (AvgIpc) is 3.04.